The number of allylic oxidation sites excluding steroid dienone is 1. The predicted molar refractivity (Wildman–Crippen MR) is 107 cm³/mol. The third kappa shape index (κ3) is 3.57. The first kappa shape index (κ1) is 20.8. The number of ketones is 1. The molecule has 6 nitrogen and oxygen atoms in total. The number of nitrogens with zero attached hydrogens (tertiary/aromatic N) is 1. The van der Waals surface area contributed by atoms with Crippen molar-refractivity contribution in [2.45, 2.75) is 47.1 Å². The number of anilines is 1. The highest BCUT2D eigenvalue weighted by Gasteiger charge is 2.39. The van der Waals surface area contributed by atoms with Gasteiger partial charge in [-0.2, -0.15) is 0 Å². The van der Waals surface area contributed by atoms with Gasteiger partial charge in [0.1, 0.15) is 17.0 Å². The Morgan fingerprint density at radius 2 is 2.00 bits per heavy atom. The third-order valence-electron chi connectivity index (χ3n) is 5.26. The summed E-state index contributed by atoms with van der Waals surface area (Å²) in [4.78, 5) is 39.1. The summed E-state index contributed by atoms with van der Waals surface area (Å²) < 4.78 is 25.3. The Kier molecular flexibility index (Phi) is 5.59. The first-order chi connectivity index (χ1) is 13.7. The lowest BCUT2D eigenvalue weighted by Crippen LogP contribution is -2.43. The normalized spacial score (nSPS) is 19.6. The number of rotatable bonds is 4. The zero-order valence-electron chi connectivity index (χ0n) is 17.2. The lowest BCUT2D eigenvalue weighted by molar-refractivity contribution is -0.147. The molecule has 154 valence electrons. The molecule has 2 unspecified atom stereocenters. The molecule has 0 saturated heterocycles. The molecule has 1 aromatic carbocycles. The summed E-state index contributed by atoms with van der Waals surface area (Å²) in [6, 6.07) is 3.78. The predicted octanol–water partition coefficient (Wildman–Crippen LogP) is 3.88. The molecule has 0 aliphatic carbocycles. The van der Waals surface area contributed by atoms with Crippen LogP contribution in [-0.4, -0.2) is 24.4 Å². The number of esters is 1. The molecule has 0 spiro atoms. The van der Waals surface area contributed by atoms with E-state index in [1.165, 1.54) is 25.1 Å². The van der Waals surface area contributed by atoms with Crippen LogP contribution in [-0.2, 0) is 14.3 Å². The summed E-state index contributed by atoms with van der Waals surface area (Å²) in [5.74, 6) is -1.65. The van der Waals surface area contributed by atoms with Crippen molar-refractivity contribution in [2.75, 3.05) is 11.5 Å². The summed E-state index contributed by atoms with van der Waals surface area (Å²) in [5, 5.41) is -0.134. The molecule has 3 rings (SSSR count). The molecule has 1 aliphatic heterocycles. The van der Waals surface area contributed by atoms with E-state index in [1.54, 1.807) is 20.8 Å². The van der Waals surface area contributed by atoms with E-state index in [1.807, 2.05) is 11.8 Å². The van der Waals surface area contributed by atoms with Crippen LogP contribution >= 0.6 is 0 Å². The Morgan fingerprint density at radius 1 is 1.31 bits per heavy atom. The van der Waals surface area contributed by atoms with Crippen LogP contribution in [0.1, 0.15) is 39.9 Å². The van der Waals surface area contributed by atoms with Crippen LogP contribution in [0.25, 0.3) is 11.0 Å². The second-order valence-corrected chi connectivity index (χ2v) is 7.31. The van der Waals surface area contributed by atoms with Crippen LogP contribution in [0, 0.1) is 18.7 Å². The molecule has 7 heteroatoms. The van der Waals surface area contributed by atoms with Gasteiger partial charge in [0.25, 0.3) is 0 Å². The molecule has 0 bridgehead atoms. The second-order valence-electron chi connectivity index (χ2n) is 7.31. The van der Waals surface area contributed by atoms with Crippen LogP contribution in [0.15, 0.2) is 38.7 Å². The Bertz CT molecular complexity index is 1080. The van der Waals surface area contributed by atoms with E-state index < -0.39 is 23.1 Å². The van der Waals surface area contributed by atoms with Crippen molar-refractivity contribution in [3.63, 3.8) is 0 Å². The van der Waals surface area contributed by atoms with Crippen molar-refractivity contribution in [3.8, 4) is 0 Å². The van der Waals surface area contributed by atoms with Gasteiger partial charge in [-0.1, -0.05) is 0 Å². The molecule has 0 fully saturated rings. The zero-order chi connectivity index (χ0) is 21.5. The lowest BCUT2D eigenvalue weighted by Gasteiger charge is -2.40. The first-order valence-electron chi connectivity index (χ1n) is 9.57. The average Bonchev–Trinajstić information content (AvgIpc) is 2.62. The van der Waals surface area contributed by atoms with Crippen molar-refractivity contribution in [2.24, 2.45) is 5.92 Å². The summed E-state index contributed by atoms with van der Waals surface area (Å²) in [5.41, 5.74) is 1.05. The standard InChI is InChI=1S/C22H24FNO5/c1-6-28-22(27)15-9-11(2)24(13(4)19(15)14(5)25)17-8-7-16(23)20-18(26)10-12(3)29-21(17)20/h7-8,10-11,15H,6,9H2,1-5H3. The molecule has 0 N–H and O–H groups in total. The highest BCUT2D eigenvalue weighted by atomic mass is 19.1. The molecule has 2 aromatic rings. The van der Waals surface area contributed by atoms with Crippen LogP contribution in [0.4, 0.5) is 10.1 Å². The first-order valence-corrected chi connectivity index (χ1v) is 9.57. The third-order valence-corrected chi connectivity index (χ3v) is 5.26. The van der Waals surface area contributed by atoms with Gasteiger partial charge in [-0.05, 0) is 53.2 Å². The van der Waals surface area contributed by atoms with E-state index >= 15 is 0 Å². The number of halogens is 1. The monoisotopic (exact) mass is 401 g/mol. The molecule has 2 heterocycles. The maximum Gasteiger partial charge on any atom is 0.313 e. The van der Waals surface area contributed by atoms with Crippen molar-refractivity contribution >= 4 is 28.4 Å². The van der Waals surface area contributed by atoms with E-state index in [0.717, 1.165) is 0 Å². The van der Waals surface area contributed by atoms with Crippen LogP contribution in [0.2, 0.25) is 0 Å². The molecule has 1 aliphatic rings. The van der Waals surface area contributed by atoms with E-state index in [2.05, 4.69) is 0 Å². The van der Waals surface area contributed by atoms with Gasteiger partial charge >= 0.3 is 5.97 Å². The minimum absolute atomic E-state index is 0.124. The number of hydrogen-bond acceptors (Lipinski definition) is 6. The summed E-state index contributed by atoms with van der Waals surface area (Å²) >= 11 is 0. The molecule has 0 amide bonds. The number of Topliss-reactive ketones (excluding diaryl/α,β-unsaturated/α-hetero) is 1. The molecular weight excluding hydrogens is 377 g/mol. The highest BCUT2D eigenvalue weighted by molar-refractivity contribution is 6.01. The number of carbonyl (C=O) groups is 2. The number of fused-ring (bicyclic) bond motifs is 1. The molecule has 2 atom stereocenters. The molecule has 0 saturated carbocycles. The number of aryl methyl sites for hydroxylation is 1. The van der Waals surface area contributed by atoms with Gasteiger partial charge in [-0.15, -0.1) is 0 Å². The van der Waals surface area contributed by atoms with Gasteiger partial charge < -0.3 is 14.1 Å². The van der Waals surface area contributed by atoms with E-state index in [0.29, 0.717) is 29.1 Å². The fourth-order valence-electron chi connectivity index (χ4n) is 4.17. The fourth-order valence-corrected chi connectivity index (χ4v) is 4.17. The molecule has 29 heavy (non-hydrogen) atoms. The molecule has 0 radical (unpaired) electrons. The number of benzene rings is 1. The van der Waals surface area contributed by atoms with Crippen molar-refractivity contribution < 1.29 is 23.1 Å². The van der Waals surface area contributed by atoms with Gasteiger partial charge in [-0.25, -0.2) is 4.39 Å². The van der Waals surface area contributed by atoms with E-state index in [9.17, 15) is 18.8 Å². The summed E-state index contributed by atoms with van der Waals surface area (Å²) in [7, 11) is 0. The minimum Gasteiger partial charge on any atom is -0.466 e. The summed E-state index contributed by atoms with van der Waals surface area (Å²) in [6.07, 6.45) is 0.347. The van der Waals surface area contributed by atoms with Crippen LogP contribution < -0.4 is 10.3 Å². The van der Waals surface area contributed by atoms with Crippen molar-refractivity contribution in [1.82, 2.24) is 0 Å². The van der Waals surface area contributed by atoms with E-state index in [4.69, 9.17) is 9.15 Å². The number of carbonyl (C=O) groups excluding carboxylic acids is 2. The van der Waals surface area contributed by atoms with Crippen LogP contribution in [0.5, 0.6) is 0 Å². The Balaban J connectivity index is 2.26. The van der Waals surface area contributed by atoms with Gasteiger partial charge in [0, 0.05) is 23.4 Å². The second kappa shape index (κ2) is 7.81. The Hall–Kier alpha value is -2.96. The topological polar surface area (TPSA) is 76.8 Å². The van der Waals surface area contributed by atoms with Crippen molar-refractivity contribution in [1.29, 1.82) is 0 Å². The quantitative estimate of drug-likeness (QED) is 0.724. The van der Waals surface area contributed by atoms with Crippen molar-refractivity contribution in [3.05, 3.63) is 51.3 Å². The zero-order valence-corrected chi connectivity index (χ0v) is 17.2. The fraction of sp³-hybridized carbons (Fsp3) is 0.409. The smallest absolute Gasteiger partial charge is 0.313 e. The summed E-state index contributed by atoms with van der Waals surface area (Å²) in [6.45, 7) is 8.61. The minimum atomic E-state index is -0.667. The molecular formula is C22H24FNO5. The number of hydrogen-bond donors (Lipinski definition) is 0. The van der Waals surface area contributed by atoms with Crippen LogP contribution in [0.3, 0.4) is 0 Å². The Morgan fingerprint density at radius 3 is 2.62 bits per heavy atom. The van der Waals surface area contributed by atoms with Gasteiger partial charge in [-0.3, -0.25) is 14.4 Å². The SMILES string of the molecule is CCOC(=O)C1CC(C)N(c2ccc(F)c3c(=O)cc(C)oc23)C(C)=C1C(C)=O. The number of ether oxygens (including phenoxy) is 1. The largest absolute Gasteiger partial charge is 0.466 e. The van der Waals surface area contributed by atoms with E-state index in [-0.39, 0.29) is 29.4 Å². The maximum atomic E-state index is 14.4. The highest BCUT2D eigenvalue weighted by Crippen LogP contribution is 2.39. The maximum absolute atomic E-state index is 14.4. The van der Waals surface area contributed by atoms with Gasteiger partial charge in [0.15, 0.2) is 16.8 Å². The van der Waals surface area contributed by atoms with Gasteiger partial charge in [0.2, 0.25) is 0 Å². The van der Waals surface area contributed by atoms with Gasteiger partial charge in [0.05, 0.1) is 18.2 Å². The molecule has 1 aromatic heterocycles. The lowest BCUT2D eigenvalue weighted by atomic mass is 9.83. The Labute approximate surface area is 167 Å². The average molecular weight is 401 g/mol.